The van der Waals surface area contributed by atoms with Crippen molar-refractivity contribution < 1.29 is 50.5 Å². The molecule has 14 nitrogen and oxygen atoms in total. The number of piperidine rings is 1. The first-order valence-electron chi connectivity index (χ1n) is 15.1. The lowest BCUT2D eigenvalue weighted by molar-refractivity contribution is -0.716. The van der Waals surface area contributed by atoms with Crippen LogP contribution in [-0.4, -0.2) is 65.7 Å². The van der Waals surface area contributed by atoms with E-state index in [0.717, 1.165) is 33.5 Å². The van der Waals surface area contributed by atoms with Crippen molar-refractivity contribution >= 4 is 22.1 Å². The number of aromatic nitrogens is 2. The molecule has 0 aliphatic carbocycles. The van der Waals surface area contributed by atoms with Gasteiger partial charge in [-0.3, -0.25) is 4.84 Å². The van der Waals surface area contributed by atoms with Gasteiger partial charge < -0.3 is 14.7 Å². The molecule has 3 aromatic carbocycles. The minimum atomic E-state index is -4.72. The number of nitrogens with one attached hydrogen (secondary N) is 1. The van der Waals surface area contributed by atoms with E-state index >= 15 is 0 Å². The molecule has 1 fully saturated rings. The van der Waals surface area contributed by atoms with E-state index < -0.39 is 46.4 Å². The molecule has 5 rings (SSSR count). The van der Waals surface area contributed by atoms with Gasteiger partial charge in [-0.05, 0) is 62.2 Å². The third-order valence-electron chi connectivity index (χ3n) is 7.38. The fourth-order valence-corrected chi connectivity index (χ4v) is 5.78. The van der Waals surface area contributed by atoms with Crippen LogP contribution in [0, 0.1) is 12.1 Å². The van der Waals surface area contributed by atoms with Gasteiger partial charge in [-0.15, -0.1) is 5.01 Å². The number of hydrazine groups is 1. The lowest BCUT2D eigenvalue weighted by atomic mass is 10.1. The number of hydrogen-bond donors (Lipinski definition) is 1. The Morgan fingerprint density at radius 3 is 2.40 bits per heavy atom. The number of halogens is 3. The summed E-state index contributed by atoms with van der Waals surface area (Å²) in [6.45, 7) is 3.26. The number of amides is 1. The Labute approximate surface area is 284 Å². The lowest BCUT2D eigenvalue weighted by Crippen LogP contribution is -2.45. The van der Waals surface area contributed by atoms with Crippen molar-refractivity contribution in [2.75, 3.05) is 13.1 Å². The molecule has 2 heterocycles. The third-order valence-corrected chi connectivity index (χ3v) is 8.70. The predicted octanol–water partition coefficient (Wildman–Crippen LogP) is 5.76. The number of ether oxygens (including phenoxy) is 2. The molecule has 264 valence electrons. The van der Waals surface area contributed by atoms with Gasteiger partial charge in [0.1, 0.15) is 12.6 Å². The van der Waals surface area contributed by atoms with Crippen LogP contribution >= 0.6 is 0 Å². The lowest BCUT2D eigenvalue weighted by Gasteiger charge is -2.28. The van der Waals surface area contributed by atoms with Gasteiger partial charge in [-0.2, -0.15) is 18.3 Å². The summed E-state index contributed by atoms with van der Waals surface area (Å²) in [5, 5.41) is 20.7. The Bertz CT molecular complexity index is 1950. The van der Waals surface area contributed by atoms with Gasteiger partial charge in [0.15, 0.2) is 5.69 Å². The van der Waals surface area contributed by atoms with Crippen LogP contribution in [0.25, 0.3) is 16.9 Å². The number of benzene rings is 3. The summed E-state index contributed by atoms with van der Waals surface area (Å²) >= 11 is 0. The molecule has 0 bridgehead atoms. The second kappa shape index (κ2) is 14.9. The van der Waals surface area contributed by atoms with Gasteiger partial charge in [0.2, 0.25) is 5.28 Å². The molecule has 1 amide bonds. The molecule has 18 heteroatoms. The third kappa shape index (κ3) is 8.87. The van der Waals surface area contributed by atoms with E-state index in [4.69, 9.17) is 14.3 Å². The number of nitrogens with zero attached hydrogens (tertiary/aromatic N) is 5. The molecule has 50 heavy (non-hydrogen) atoms. The molecule has 1 saturated heterocycles. The van der Waals surface area contributed by atoms with Crippen molar-refractivity contribution in [3.8, 4) is 16.9 Å². The first-order valence-corrected chi connectivity index (χ1v) is 16.6. The minimum absolute atomic E-state index is 0.111. The molecule has 1 aliphatic rings. The van der Waals surface area contributed by atoms with Crippen LogP contribution in [-0.2, 0) is 30.5 Å². The number of aryl methyl sites for hydroxylation is 1. The largest absolute Gasteiger partial charge is 0.569 e. The Morgan fingerprint density at radius 1 is 1.06 bits per heavy atom. The zero-order chi connectivity index (χ0) is 36.1. The van der Waals surface area contributed by atoms with E-state index in [1.807, 2.05) is 6.92 Å². The first kappa shape index (κ1) is 35.7. The van der Waals surface area contributed by atoms with Crippen molar-refractivity contribution in [1.82, 2.24) is 19.5 Å². The molecule has 4 aromatic rings. The van der Waals surface area contributed by atoms with Gasteiger partial charge in [-0.25, -0.2) is 27.4 Å². The van der Waals surface area contributed by atoms with E-state index in [2.05, 4.69) is 10.4 Å². The van der Waals surface area contributed by atoms with Crippen molar-refractivity contribution in [1.29, 1.82) is 0 Å². The van der Waals surface area contributed by atoms with Crippen LogP contribution < -0.4 is 4.72 Å². The number of carbonyl (C=O) groups is 2. The number of alkyl halides is 3. The Morgan fingerprint density at radius 2 is 1.74 bits per heavy atom. The summed E-state index contributed by atoms with van der Waals surface area (Å²) in [4.78, 5) is 29.4. The molecule has 0 saturated carbocycles. The standard InChI is InChI=1S/C32H31F3N6O8S/c1-21-10-12-23(13-11-21)28-19-29(32(33,34)35)36-40(28)25-14-16-27(17-15-25)50(45,46)37-31(43)48-26-9-6-18-39(20-26)41(44)38-49-22(2)47-30(42)24-7-4-3-5-8-24/h3-5,7-8,10-17,19,22,26H,6,9,18,20H2,1-2H3,(H,37,43). The summed E-state index contributed by atoms with van der Waals surface area (Å²) in [6, 6.07) is 20.5. The molecular weight excluding hydrogens is 685 g/mol. The highest BCUT2D eigenvalue weighted by Crippen LogP contribution is 2.33. The van der Waals surface area contributed by atoms with Crippen LogP contribution in [0.1, 0.15) is 41.4 Å². The molecule has 1 aliphatic heterocycles. The highest BCUT2D eigenvalue weighted by molar-refractivity contribution is 7.90. The molecule has 1 aromatic heterocycles. The van der Waals surface area contributed by atoms with Crippen LogP contribution in [0.15, 0.2) is 95.1 Å². The summed E-state index contributed by atoms with van der Waals surface area (Å²) in [5.74, 6) is -0.682. The summed E-state index contributed by atoms with van der Waals surface area (Å²) in [5.41, 5.74) is 0.783. The minimum Gasteiger partial charge on any atom is -0.569 e. The van der Waals surface area contributed by atoms with Crippen molar-refractivity contribution in [2.45, 2.75) is 50.2 Å². The fraction of sp³-hybridized carbons (Fsp3) is 0.281. The van der Waals surface area contributed by atoms with Crippen LogP contribution in [0.3, 0.4) is 0 Å². The molecule has 0 radical (unpaired) electrons. The number of esters is 1. The number of hydrogen-bond acceptors (Lipinski definition) is 10. The average Bonchev–Trinajstić information content (AvgIpc) is 3.54. The number of rotatable bonds is 10. The monoisotopic (exact) mass is 716 g/mol. The van der Waals surface area contributed by atoms with E-state index in [-0.39, 0.29) is 39.9 Å². The summed E-state index contributed by atoms with van der Waals surface area (Å²) in [7, 11) is -4.47. The SMILES string of the molecule is Cc1ccc(-c2cc(C(F)(F)F)nn2-c2ccc(S(=O)(=O)NC(=O)OC3CCCN([N+]([O-])=NOC(C)OC(=O)c4ccccc4)C3)cc2)cc1. The van der Waals surface area contributed by atoms with Crippen molar-refractivity contribution in [2.24, 2.45) is 5.28 Å². The maximum absolute atomic E-state index is 13.5. The highest BCUT2D eigenvalue weighted by atomic mass is 32.2. The Kier molecular flexibility index (Phi) is 10.6. The summed E-state index contributed by atoms with van der Waals surface area (Å²) < 4.78 is 79.7. The van der Waals surface area contributed by atoms with Gasteiger partial charge in [0, 0.05) is 12.5 Å². The second-order valence-corrected chi connectivity index (χ2v) is 12.8. The topological polar surface area (TPSA) is 167 Å². The van der Waals surface area contributed by atoms with Crippen molar-refractivity contribution in [3.63, 3.8) is 0 Å². The Hall–Kier alpha value is -5.65. The normalized spacial score (nSPS) is 16.0. The molecule has 0 spiro atoms. The fourth-order valence-electron chi connectivity index (χ4n) is 4.90. The maximum Gasteiger partial charge on any atom is 0.435 e. The van der Waals surface area contributed by atoms with E-state index in [0.29, 0.717) is 18.4 Å². The zero-order valence-corrected chi connectivity index (χ0v) is 27.4. The van der Waals surface area contributed by atoms with Gasteiger partial charge in [-0.1, -0.05) is 48.0 Å². The number of carbonyl (C=O) groups excluding carboxylic acids is 2. The highest BCUT2D eigenvalue weighted by Gasteiger charge is 2.35. The number of sulfonamides is 1. The van der Waals surface area contributed by atoms with Gasteiger partial charge >= 0.3 is 18.2 Å². The quantitative estimate of drug-likeness (QED) is 0.0701. The summed E-state index contributed by atoms with van der Waals surface area (Å²) in [6.07, 6.45) is -7.44. The van der Waals surface area contributed by atoms with E-state index in [1.165, 1.54) is 19.1 Å². The van der Waals surface area contributed by atoms with Crippen LogP contribution in [0.2, 0.25) is 0 Å². The zero-order valence-electron chi connectivity index (χ0n) is 26.6. The van der Waals surface area contributed by atoms with E-state index in [1.54, 1.807) is 59.3 Å². The van der Waals surface area contributed by atoms with Crippen LogP contribution in [0.4, 0.5) is 18.0 Å². The second-order valence-electron chi connectivity index (χ2n) is 11.2. The molecule has 2 unspecified atom stereocenters. The average molecular weight is 717 g/mol. The molecular formula is C32H31F3N6O8S. The van der Waals surface area contributed by atoms with Crippen LogP contribution in [0.5, 0.6) is 0 Å². The predicted molar refractivity (Wildman–Crippen MR) is 169 cm³/mol. The van der Waals surface area contributed by atoms with Gasteiger partial charge in [0.25, 0.3) is 16.3 Å². The van der Waals surface area contributed by atoms with Crippen molar-refractivity contribution in [3.05, 3.63) is 107 Å². The smallest absolute Gasteiger partial charge is 0.435 e. The van der Waals surface area contributed by atoms with E-state index in [9.17, 15) is 36.4 Å². The molecule has 2 atom stereocenters. The molecule has 1 N–H and O–H groups in total. The van der Waals surface area contributed by atoms with Gasteiger partial charge in [0.05, 0.1) is 33.4 Å². The first-order chi connectivity index (χ1) is 23.7. The maximum atomic E-state index is 13.5. The Balaban J connectivity index is 1.19.